The Balaban J connectivity index is 1.55. The number of nitrogens with zero attached hydrogens (tertiary/aromatic N) is 3. The fourth-order valence-electron chi connectivity index (χ4n) is 3.46. The molecule has 3 heterocycles. The summed E-state index contributed by atoms with van der Waals surface area (Å²) in [5, 5.41) is 3.45. The number of thiophene rings is 1. The third-order valence-corrected chi connectivity index (χ3v) is 7.07. The lowest BCUT2D eigenvalue weighted by Crippen LogP contribution is -2.27. The molecule has 0 aliphatic heterocycles. The molecule has 0 aliphatic carbocycles. The van der Waals surface area contributed by atoms with Crippen molar-refractivity contribution in [2.45, 2.75) is 34.2 Å². The summed E-state index contributed by atoms with van der Waals surface area (Å²) in [5.74, 6) is -0.682. The first-order valence-electron chi connectivity index (χ1n) is 10.7. The number of thiazole rings is 1. The molecular weight excluding hydrogens is 472 g/mol. The molecule has 34 heavy (non-hydrogen) atoms. The lowest BCUT2D eigenvalue weighted by molar-refractivity contribution is -0.116. The number of nitrogens with one attached hydrogen (secondary N) is 1. The van der Waals surface area contributed by atoms with Gasteiger partial charge in [0.15, 0.2) is 5.13 Å². The van der Waals surface area contributed by atoms with E-state index < -0.39 is 11.9 Å². The summed E-state index contributed by atoms with van der Waals surface area (Å²) >= 11 is 2.50. The maximum absolute atomic E-state index is 13.3. The molecule has 176 valence electrons. The summed E-state index contributed by atoms with van der Waals surface area (Å²) in [7, 11) is 0. The van der Waals surface area contributed by atoms with Crippen LogP contribution in [-0.4, -0.2) is 33.0 Å². The fourth-order valence-corrected chi connectivity index (χ4v) is 5.34. The molecule has 0 saturated carbocycles. The first-order valence-corrected chi connectivity index (χ1v) is 12.4. The maximum Gasteiger partial charge on any atom is 0.350 e. The largest absolute Gasteiger partial charge is 0.461 e. The number of fused-ring (bicyclic) bond motifs is 1. The molecule has 0 atom stereocenters. The Morgan fingerprint density at radius 2 is 1.88 bits per heavy atom. The molecule has 0 unspecified atom stereocenters. The van der Waals surface area contributed by atoms with E-state index in [-0.39, 0.29) is 23.2 Å². The summed E-state index contributed by atoms with van der Waals surface area (Å²) in [6.45, 7) is 7.63. The monoisotopic (exact) mass is 496 g/mol. The van der Waals surface area contributed by atoms with Crippen molar-refractivity contribution in [2.75, 3.05) is 11.9 Å². The quantitative estimate of drug-likeness (QED) is 0.374. The third-order valence-electron chi connectivity index (χ3n) is 5.01. The average molecular weight is 497 g/mol. The number of hydrogen-bond donors (Lipinski definition) is 1. The van der Waals surface area contributed by atoms with Gasteiger partial charge in [0.1, 0.15) is 16.3 Å². The topological polar surface area (TPSA) is 103 Å². The molecule has 10 heteroatoms. The van der Waals surface area contributed by atoms with Crippen LogP contribution >= 0.6 is 22.7 Å². The molecular formula is C24H24N4O4S2. The number of aryl methyl sites for hydroxylation is 2. The van der Waals surface area contributed by atoms with Gasteiger partial charge >= 0.3 is 5.97 Å². The van der Waals surface area contributed by atoms with E-state index in [1.54, 1.807) is 6.92 Å². The van der Waals surface area contributed by atoms with Gasteiger partial charge in [0.25, 0.3) is 5.56 Å². The van der Waals surface area contributed by atoms with Crippen LogP contribution in [0.15, 0.2) is 41.5 Å². The summed E-state index contributed by atoms with van der Waals surface area (Å²) in [4.78, 5) is 48.9. The van der Waals surface area contributed by atoms with Gasteiger partial charge in [-0.2, -0.15) is 0 Å². The average Bonchev–Trinajstić information content (AvgIpc) is 3.33. The SMILES string of the molecule is Cc1nc(NC(=O)Cn2cnc3sc(C)c(-c4ccccc4)c3c2=O)sc1C(=O)OCC(C)C. The van der Waals surface area contributed by atoms with Crippen molar-refractivity contribution in [3.05, 3.63) is 62.5 Å². The van der Waals surface area contributed by atoms with Crippen molar-refractivity contribution in [3.63, 3.8) is 0 Å². The smallest absolute Gasteiger partial charge is 0.350 e. The Morgan fingerprint density at radius 3 is 2.59 bits per heavy atom. The Kier molecular flexibility index (Phi) is 6.90. The minimum atomic E-state index is -0.462. The molecule has 0 saturated heterocycles. The van der Waals surface area contributed by atoms with Gasteiger partial charge in [-0.25, -0.2) is 14.8 Å². The second-order valence-electron chi connectivity index (χ2n) is 8.23. The highest BCUT2D eigenvalue weighted by Gasteiger charge is 2.20. The Hall–Kier alpha value is -3.37. The van der Waals surface area contributed by atoms with Gasteiger partial charge in [-0.05, 0) is 25.3 Å². The zero-order valence-electron chi connectivity index (χ0n) is 19.2. The van der Waals surface area contributed by atoms with Crippen LogP contribution in [0.2, 0.25) is 0 Å². The maximum atomic E-state index is 13.3. The minimum absolute atomic E-state index is 0.218. The fraction of sp³-hybridized carbons (Fsp3) is 0.292. The number of amides is 1. The van der Waals surface area contributed by atoms with Gasteiger partial charge in [-0.1, -0.05) is 55.5 Å². The van der Waals surface area contributed by atoms with Crippen molar-refractivity contribution in [1.29, 1.82) is 0 Å². The van der Waals surface area contributed by atoms with Crippen LogP contribution in [0.4, 0.5) is 5.13 Å². The normalized spacial score (nSPS) is 11.2. The van der Waals surface area contributed by atoms with Crippen LogP contribution in [-0.2, 0) is 16.1 Å². The van der Waals surface area contributed by atoms with E-state index in [1.807, 2.05) is 51.1 Å². The molecule has 0 bridgehead atoms. The Labute approximate surface area is 204 Å². The lowest BCUT2D eigenvalue weighted by atomic mass is 10.0. The molecule has 3 aromatic heterocycles. The van der Waals surface area contributed by atoms with Crippen molar-refractivity contribution in [1.82, 2.24) is 14.5 Å². The highest BCUT2D eigenvalue weighted by atomic mass is 32.1. The van der Waals surface area contributed by atoms with Gasteiger partial charge in [-0.3, -0.25) is 14.2 Å². The summed E-state index contributed by atoms with van der Waals surface area (Å²) in [6.07, 6.45) is 1.39. The number of carbonyl (C=O) groups is 2. The van der Waals surface area contributed by atoms with E-state index in [4.69, 9.17) is 4.74 Å². The van der Waals surface area contributed by atoms with Gasteiger partial charge in [0.2, 0.25) is 5.91 Å². The highest BCUT2D eigenvalue weighted by molar-refractivity contribution is 7.19. The van der Waals surface area contributed by atoms with Gasteiger partial charge < -0.3 is 10.1 Å². The molecule has 0 radical (unpaired) electrons. The number of ether oxygens (including phenoxy) is 1. The molecule has 8 nitrogen and oxygen atoms in total. The zero-order chi connectivity index (χ0) is 24.4. The van der Waals surface area contributed by atoms with Crippen LogP contribution in [0.3, 0.4) is 0 Å². The molecule has 1 aromatic carbocycles. The Bertz CT molecular complexity index is 1420. The molecule has 4 aromatic rings. The summed E-state index contributed by atoms with van der Waals surface area (Å²) in [6, 6.07) is 9.66. The van der Waals surface area contributed by atoms with E-state index in [0.717, 1.165) is 27.3 Å². The van der Waals surface area contributed by atoms with Crippen LogP contribution in [0.5, 0.6) is 0 Å². The second-order valence-corrected chi connectivity index (χ2v) is 10.4. The third kappa shape index (κ3) is 4.92. The molecule has 0 spiro atoms. The highest BCUT2D eigenvalue weighted by Crippen LogP contribution is 2.35. The van der Waals surface area contributed by atoms with Crippen LogP contribution in [0.1, 0.15) is 34.1 Å². The van der Waals surface area contributed by atoms with Crippen molar-refractivity contribution < 1.29 is 14.3 Å². The van der Waals surface area contributed by atoms with Crippen LogP contribution in [0.25, 0.3) is 21.3 Å². The van der Waals surface area contributed by atoms with Crippen LogP contribution < -0.4 is 10.9 Å². The van der Waals surface area contributed by atoms with E-state index in [9.17, 15) is 14.4 Å². The van der Waals surface area contributed by atoms with Crippen molar-refractivity contribution in [3.8, 4) is 11.1 Å². The molecule has 4 rings (SSSR count). The number of rotatable bonds is 7. The van der Waals surface area contributed by atoms with E-state index in [0.29, 0.717) is 27.4 Å². The lowest BCUT2D eigenvalue weighted by Gasteiger charge is -2.06. The predicted octanol–water partition coefficient (Wildman–Crippen LogP) is 4.65. The number of benzene rings is 1. The van der Waals surface area contributed by atoms with Crippen molar-refractivity contribution in [2.24, 2.45) is 5.92 Å². The summed E-state index contributed by atoms with van der Waals surface area (Å²) in [5.41, 5.74) is 1.97. The molecule has 0 aliphatic rings. The first-order chi connectivity index (χ1) is 16.2. The molecule has 0 fully saturated rings. The van der Waals surface area contributed by atoms with E-state index >= 15 is 0 Å². The van der Waals surface area contributed by atoms with Crippen LogP contribution in [0, 0.1) is 19.8 Å². The number of aromatic nitrogens is 3. The number of esters is 1. The standard InChI is InChI=1S/C24H24N4O4S2/c1-13(2)11-32-23(31)20-14(3)26-24(34-20)27-17(29)10-28-12-25-21-19(22(28)30)18(15(4)33-21)16-8-6-5-7-9-16/h5-9,12-13H,10-11H2,1-4H3,(H,26,27,29). The van der Waals surface area contributed by atoms with Gasteiger partial charge in [-0.15, -0.1) is 11.3 Å². The van der Waals surface area contributed by atoms with E-state index in [2.05, 4.69) is 15.3 Å². The van der Waals surface area contributed by atoms with E-state index in [1.165, 1.54) is 22.2 Å². The van der Waals surface area contributed by atoms with Gasteiger partial charge in [0, 0.05) is 10.4 Å². The predicted molar refractivity (Wildman–Crippen MR) is 135 cm³/mol. The Morgan fingerprint density at radius 1 is 1.15 bits per heavy atom. The number of carbonyl (C=O) groups excluding carboxylic acids is 2. The second kappa shape index (κ2) is 9.86. The summed E-state index contributed by atoms with van der Waals surface area (Å²) < 4.78 is 6.54. The molecule has 1 N–H and O–H groups in total. The number of anilines is 1. The first kappa shape index (κ1) is 23.8. The zero-order valence-corrected chi connectivity index (χ0v) is 20.9. The van der Waals surface area contributed by atoms with Gasteiger partial charge in [0.05, 0.1) is 24.0 Å². The van der Waals surface area contributed by atoms with Crippen molar-refractivity contribution >= 4 is 49.9 Å². The minimum Gasteiger partial charge on any atom is -0.461 e. The number of hydrogen-bond acceptors (Lipinski definition) is 8. The molecule has 1 amide bonds.